The Balaban J connectivity index is 2.29. The Hall–Kier alpha value is -2.78. The summed E-state index contributed by atoms with van der Waals surface area (Å²) in [5, 5.41) is 2.75. The molecule has 0 radical (unpaired) electrons. The Kier molecular flexibility index (Phi) is 8.49. The van der Waals surface area contributed by atoms with Gasteiger partial charge in [0.2, 0.25) is 15.8 Å². The Bertz CT molecular complexity index is 931. The van der Waals surface area contributed by atoms with E-state index in [9.17, 15) is 13.2 Å². The van der Waals surface area contributed by atoms with E-state index in [2.05, 4.69) is 10.0 Å². The number of ether oxygens (including phenoxy) is 3. The van der Waals surface area contributed by atoms with Crippen LogP contribution in [0.4, 0.5) is 5.69 Å². The fourth-order valence-corrected chi connectivity index (χ4v) is 3.75. The Labute approximate surface area is 177 Å². The molecule has 8 nitrogen and oxygen atoms in total. The first-order valence-electron chi connectivity index (χ1n) is 9.83. The first-order chi connectivity index (χ1) is 14.4. The lowest BCUT2D eigenvalue weighted by atomic mass is 10.1. The third-order valence-corrected chi connectivity index (χ3v) is 5.49. The summed E-state index contributed by atoms with van der Waals surface area (Å²) in [5.41, 5.74) is 0.787. The molecule has 2 aromatic rings. The predicted molar refractivity (Wildman–Crippen MR) is 115 cm³/mol. The zero-order valence-electron chi connectivity index (χ0n) is 17.7. The van der Waals surface area contributed by atoms with E-state index in [1.54, 1.807) is 19.1 Å². The molecule has 0 heterocycles. The second-order valence-corrected chi connectivity index (χ2v) is 7.85. The van der Waals surface area contributed by atoms with Crippen molar-refractivity contribution in [2.45, 2.75) is 32.6 Å². The fraction of sp³-hybridized carbons (Fsp3) is 0.381. The maximum atomic E-state index is 12.8. The van der Waals surface area contributed by atoms with Crippen molar-refractivity contribution in [3.8, 4) is 17.2 Å². The van der Waals surface area contributed by atoms with E-state index in [-0.39, 0.29) is 10.8 Å². The highest BCUT2D eigenvalue weighted by Gasteiger charge is 2.19. The molecule has 0 bridgehead atoms. The summed E-state index contributed by atoms with van der Waals surface area (Å²) in [6.45, 7) is 8.76. The van der Waals surface area contributed by atoms with Gasteiger partial charge >= 0.3 is 0 Å². The van der Waals surface area contributed by atoms with Crippen molar-refractivity contribution in [2.75, 3.05) is 31.7 Å². The molecule has 0 fully saturated rings. The third kappa shape index (κ3) is 5.87. The molecule has 0 aliphatic carbocycles. The number of nitrogens with one attached hydrogen (secondary N) is 2. The van der Waals surface area contributed by atoms with E-state index >= 15 is 0 Å². The second kappa shape index (κ2) is 10.8. The van der Waals surface area contributed by atoms with Gasteiger partial charge in [-0.05, 0) is 57.2 Å². The molecule has 0 atom stereocenters. The van der Waals surface area contributed by atoms with Gasteiger partial charge in [0.05, 0.1) is 24.7 Å². The van der Waals surface area contributed by atoms with E-state index in [4.69, 9.17) is 14.2 Å². The number of carbonyl (C=O) groups excluding carboxylic acids is 1. The summed E-state index contributed by atoms with van der Waals surface area (Å²) >= 11 is 0. The van der Waals surface area contributed by atoms with Crippen LogP contribution >= 0.6 is 0 Å². The van der Waals surface area contributed by atoms with Crippen LogP contribution in [-0.2, 0) is 10.0 Å². The molecule has 0 saturated carbocycles. The first-order valence-corrected chi connectivity index (χ1v) is 11.3. The van der Waals surface area contributed by atoms with Gasteiger partial charge in [0.25, 0.3) is 5.91 Å². The van der Waals surface area contributed by atoms with E-state index in [1.807, 2.05) is 20.8 Å². The van der Waals surface area contributed by atoms with Crippen LogP contribution in [0.5, 0.6) is 17.2 Å². The van der Waals surface area contributed by atoms with Crippen LogP contribution in [0.15, 0.2) is 41.3 Å². The van der Waals surface area contributed by atoms with Gasteiger partial charge in [0, 0.05) is 17.8 Å². The number of amides is 1. The number of rotatable bonds is 11. The highest BCUT2D eigenvalue weighted by atomic mass is 32.2. The molecule has 9 heteroatoms. The van der Waals surface area contributed by atoms with Gasteiger partial charge in [-0.15, -0.1) is 0 Å². The van der Waals surface area contributed by atoms with Crippen LogP contribution < -0.4 is 24.2 Å². The summed E-state index contributed by atoms with van der Waals surface area (Å²) in [5.74, 6) is 0.906. The second-order valence-electron chi connectivity index (χ2n) is 6.08. The maximum absolute atomic E-state index is 12.8. The van der Waals surface area contributed by atoms with Gasteiger partial charge in [-0.25, -0.2) is 13.1 Å². The Morgan fingerprint density at radius 2 is 1.40 bits per heavy atom. The molecular weight excluding hydrogens is 408 g/mol. The average molecular weight is 437 g/mol. The van der Waals surface area contributed by atoms with Gasteiger partial charge in [0.15, 0.2) is 11.5 Å². The van der Waals surface area contributed by atoms with Crippen LogP contribution in [0.1, 0.15) is 38.1 Å². The van der Waals surface area contributed by atoms with E-state index < -0.39 is 10.0 Å². The van der Waals surface area contributed by atoms with Gasteiger partial charge in [-0.2, -0.15) is 0 Å². The number of benzene rings is 2. The SMILES string of the molecule is CCNS(=O)(=O)c1ccc(NC(=O)c2cc(OCC)c(OCC)c(OCC)c2)cc1. The van der Waals surface area contributed by atoms with Gasteiger partial charge < -0.3 is 19.5 Å². The van der Waals surface area contributed by atoms with E-state index in [0.717, 1.165) is 0 Å². The van der Waals surface area contributed by atoms with Gasteiger partial charge in [-0.3, -0.25) is 4.79 Å². The minimum absolute atomic E-state index is 0.126. The van der Waals surface area contributed by atoms with Crippen molar-refractivity contribution in [1.82, 2.24) is 4.72 Å². The maximum Gasteiger partial charge on any atom is 0.255 e. The zero-order chi connectivity index (χ0) is 22.1. The molecule has 1 amide bonds. The number of carbonyl (C=O) groups is 1. The van der Waals surface area contributed by atoms with Crippen molar-refractivity contribution >= 4 is 21.6 Å². The highest BCUT2D eigenvalue weighted by molar-refractivity contribution is 7.89. The lowest BCUT2D eigenvalue weighted by Crippen LogP contribution is -2.23. The summed E-state index contributed by atoms with van der Waals surface area (Å²) < 4.78 is 43.4. The van der Waals surface area contributed by atoms with E-state index in [0.29, 0.717) is 54.9 Å². The molecule has 0 aromatic heterocycles. The van der Waals surface area contributed by atoms with Crippen LogP contribution in [0, 0.1) is 0 Å². The van der Waals surface area contributed by atoms with Crippen molar-refractivity contribution in [1.29, 1.82) is 0 Å². The lowest BCUT2D eigenvalue weighted by molar-refractivity contribution is 0.102. The summed E-state index contributed by atoms with van der Waals surface area (Å²) in [6, 6.07) is 9.12. The number of hydrogen-bond acceptors (Lipinski definition) is 6. The predicted octanol–water partition coefficient (Wildman–Crippen LogP) is 3.43. The largest absolute Gasteiger partial charge is 0.490 e. The number of sulfonamides is 1. The Morgan fingerprint density at radius 3 is 1.87 bits per heavy atom. The molecule has 0 spiro atoms. The monoisotopic (exact) mass is 436 g/mol. The molecular formula is C21H28N2O6S. The zero-order valence-corrected chi connectivity index (χ0v) is 18.5. The van der Waals surface area contributed by atoms with Crippen LogP contribution in [0.25, 0.3) is 0 Å². The summed E-state index contributed by atoms with van der Waals surface area (Å²) in [7, 11) is -3.55. The highest BCUT2D eigenvalue weighted by Crippen LogP contribution is 2.39. The molecule has 0 aliphatic rings. The minimum atomic E-state index is -3.55. The van der Waals surface area contributed by atoms with Crippen LogP contribution in [0.2, 0.25) is 0 Å². The van der Waals surface area contributed by atoms with Crippen molar-refractivity contribution < 1.29 is 27.4 Å². The molecule has 30 heavy (non-hydrogen) atoms. The Morgan fingerprint density at radius 1 is 0.867 bits per heavy atom. The minimum Gasteiger partial charge on any atom is -0.490 e. The molecule has 0 unspecified atom stereocenters. The normalized spacial score (nSPS) is 11.1. The number of hydrogen-bond donors (Lipinski definition) is 2. The fourth-order valence-electron chi connectivity index (χ4n) is 2.71. The topological polar surface area (TPSA) is 103 Å². The number of anilines is 1. The quantitative estimate of drug-likeness (QED) is 0.559. The average Bonchev–Trinajstić information content (AvgIpc) is 2.71. The van der Waals surface area contributed by atoms with Gasteiger partial charge in [0.1, 0.15) is 0 Å². The first kappa shape index (κ1) is 23.5. The van der Waals surface area contributed by atoms with Crippen molar-refractivity contribution in [3.63, 3.8) is 0 Å². The molecule has 2 aromatic carbocycles. The molecule has 0 saturated heterocycles. The molecule has 0 aliphatic heterocycles. The van der Waals surface area contributed by atoms with Crippen LogP contribution in [-0.4, -0.2) is 40.7 Å². The van der Waals surface area contributed by atoms with E-state index in [1.165, 1.54) is 24.3 Å². The molecule has 164 valence electrons. The molecule has 2 N–H and O–H groups in total. The van der Waals surface area contributed by atoms with Crippen LogP contribution in [0.3, 0.4) is 0 Å². The third-order valence-electron chi connectivity index (χ3n) is 3.93. The van der Waals surface area contributed by atoms with Gasteiger partial charge in [-0.1, -0.05) is 6.92 Å². The summed E-state index contributed by atoms with van der Waals surface area (Å²) in [6.07, 6.45) is 0. The smallest absolute Gasteiger partial charge is 0.255 e. The van der Waals surface area contributed by atoms with Crippen molar-refractivity contribution in [2.24, 2.45) is 0 Å². The molecule has 2 rings (SSSR count). The lowest BCUT2D eigenvalue weighted by Gasteiger charge is -2.17. The van der Waals surface area contributed by atoms with Crippen molar-refractivity contribution in [3.05, 3.63) is 42.0 Å². The standard InChI is InChI=1S/C21H28N2O6S/c1-5-22-30(25,26)17-11-9-16(10-12-17)23-21(24)15-13-18(27-6-2)20(29-8-4)19(14-15)28-7-3/h9-14,22H,5-8H2,1-4H3,(H,23,24). The summed E-state index contributed by atoms with van der Waals surface area (Å²) in [4.78, 5) is 12.9.